The Morgan fingerprint density at radius 1 is 1.35 bits per heavy atom. The van der Waals surface area contributed by atoms with Gasteiger partial charge >= 0.3 is 6.09 Å². The van der Waals surface area contributed by atoms with Crippen LogP contribution in [0, 0.1) is 0 Å². The van der Waals surface area contributed by atoms with Crippen LogP contribution in [0.3, 0.4) is 0 Å². The van der Waals surface area contributed by atoms with Crippen molar-refractivity contribution in [3.8, 4) is 0 Å². The Labute approximate surface area is 127 Å². The maximum atomic E-state index is 11.6. The van der Waals surface area contributed by atoms with Crippen LogP contribution < -0.4 is 5.32 Å². The first-order valence-corrected chi connectivity index (χ1v) is 7.36. The van der Waals surface area contributed by atoms with Gasteiger partial charge in [0.05, 0.1) is 0 Å². The van der Waals surface area contributed by atoms with E-state index in [4.69, 9.17) is 4.74 Å². The number of fused-ring (bicyclic) bond motifs is 1. The molecule has 0 radical (unpaired) electrons. The molecule has 20 heavy (non-hydrogen) atoms. The molecule has 0 atom stereocenters. The molecule has 2 aromatic rings. The quantitative estimate of drug-likeness (QED) is 0.921. The third kappa shape index (κ3) is 4.00. The van der Waals surface area contributed by atoms with E-state index in [1.165, 1.54) is 5.39 Å². The lowest BCUT2D eigenvalue weighted by Crippen LogP contribution is -2.34. The summed E-state index contributed by atoms with van der Waals surface area (Å²) in [5.41, 5.74) is 0.681. The van der Waals surface area contributed by atoms with Crippen molar-refractivity contribution in [1.29, 1.82) is 0 Å². The minimum Gasteiger partial charge on any atom is -0.444 e. The third-order valence-corrected chi connectivity index (χ3v) is 3.25. The van der Waals surface area contributed by atoms with Crippen LogP contribution in [0.1, 0.15) is 20.8 Å². The smallest absolute Gasteiger partial charge is 0.407 e. The number of ether oxygens (including phenoxy) is 1. The molecule has 1 heterocycles. The molecular weight excluding hydrogens is 320 g/mol. The maximum Gasteiger partial charge on any atom is 0.407 e. The number of alkyl carbamates (subject to hydrolysis) is 1. The van der Waals surface area contributed by atoms with Gasteiger partial charge in [0.15, 0.2) is 0 Å². The van der Waals surface area contributed by atoms with Gasteiger partial charge in [0.2, 0.25) is 0 Å². The topological polar surface area (TPSA) is 43.3 Å². The molecule has 108 valence electrons. The summed E-state index contributed by atoms with van der Waals surface area (Å²) in [6, 6.07) is 8.22. The summed E-state index contributed by atoms with van der Waals surface area (Å²) in [4.78, 5) is 11.6. The van der Waals surface area contributed by atoms with Crippen molar-refractivity contribution in [1.82, 2.24) is 9.88 Å². The first-order chi connectivity index (χ1) is 9.35. The van der Waals surface area contributed by atoms with E-state index in [9.17, 15) is 4.79 Å². The van der Waals surface area contributed by atoms with Crippen molar-refractivity contribution in [3.63, 3.8) is 0 Å². The van der Waals surface area contributed by atoms with E-state index in [0.717, 1.165) is 9.99 Å². The molecule has 2 rings (SSSR count). The minimum atomic E-state index is -0.463. The summed E-state index contributed by atoms with van der Waals surface area (Å²) in [5.74, 6) is 0. The maximum absolute atomic E-state index is 11.6. The Morgan fingerprint density at radius 3 is 2.80 bits per heavy atom. The fraction of sp³-hybridized carbons (Fsp3) is 0.400. The van der Waals surface area contributed by atoms with Crippen LogP contribution in [0.4, 0.5) is 4.79 Å². The second kappa shape index (κ2) is 5.87. The van der Waals surface area contributed by atoms with Gasteiger partial charge < -0.3 is 14.6 Å². The molecule has 0 aliphatic heterocycles. The average molecular weight is 339 g/mol. The second-order valence-electron chi connectivity index (χ2n) is 5.64. The average Bonchev–Trinajstić information content (AvgIpc) is 2.69. The van der Waals surface area contributed by atoms with Gasteiger partial charge in [-0.3, -0.25) is 0 Å². The highest BCUT2D eigenvalue weighted by molar-refractivity contribution is 9.10. The van der Waals surface area contributed by atoms with Crippen molar-refractivity contribution in [2.75, 3.05) is 6.54 Å². The van der Waals surface area contributed by atoms with Crippen molar-refractivity contribution in [3.05, 3.63) is 34.9 Å². The summed E-state index contributed by atoms with van der Waals surface area (Å²) >= 11 is 3.47. The molecule has 0 bridgehead atoms. The Kier molecular flexibility index (Phi) is 4.38. The van der Waals surface area contributed by atoms with Crippen LogP contribution in [0.25, 0.3) is 10.9 Å². The molecule has 0 fully saturated rings. The van der Waals surface area contributed by atoms with Gasteiger partial charge in [0, 0.05) is 29.3 Å². The van der Waals surface area contributed by atoms with Gasteiger partial charge in [-0.05, 0) is 44.4 Å². The van der Waals surface area contributed by atoms with Crippen LogP contribution in [0.2, 0.25) is 0 Å². The fourth-order valence-corrected chi connectivity index (χ4v) is 2.29. The largest absolute Gasteiger partial charge is 0.444 e. The van der Waals surface area contributed by atoms with Crippen LogP contribution in [0.5, 0.6) is 0 Å². The lowest BCUT2D eigenvalue weighted by molar-refractivity contribution is 0.0526. The zero-order valence-corrected chi connectivity index (χ0v) is 13.5. The van der Waals surface area contributed by atoms with E-state index in [2.05, 4.69) is 44.0 Å². The number of amides is 1. The number of hydrogen-bond donors (Lipinski definition) is 1. The molecule has 0 aliphatic rings. The molecule has 0 saturated heterocycles. The summed E-state index contributed by atoms with van der Waals surface area (Å²) in [6.07, 6.45) is 1.64. The standard InChI is InChI=1S/C15H19BrN2O2/c1-15(2,3)20-14(19)17-7-9-18-8-6-11-4-5-12(16)10-13(11)18/h4-6,8,10H,7,9H2,1-3H3,(H,17,19). The Balaban J connectivity index is 1.93. The number of nitrogens with one attached hydrogen (secondary N) is 1. The number of hydrogen-bond acceptors (Lipinski definition) is 2. The fourth-order valence-electron chi connectivity index (χ4n) is 1.94. The molecule has 5 heteroatoms. The molecule has 4 nitrogen and oxygen atoms in total. The Hall–Kier alpha value is -1.49. The molecule has 1 aromatic carbocycles. The number of rotatable bonds is 3. The van der Waals surface area contributed by atoms with Crippen molar-refractivity contribution in [2.24, 2.45) is 0 Å². The van der Waals surface area contributed by atoms with Crippen LogP contribution in [0.15, 0.2) is 34.9 Å². The number of benzene rings is 1. The number of carbonyl (C=O) groups excluding carboxylic acids is 1. The minimum absolute atomic E-state index is 0.379. The SMILES string of the molecule is CC(C)(C)OC(=O)NCCn1ccc2ccc(Br)cc21. The number of aromatic nitrogens is 1. The number of carbonyl (C=O) groups is 1. The van der Waals surface area contributed by atoms with E-state index in [-0.39, 0.29) is 6.09 Å². The first kappa shape index (κ1) is 14.9. The van der Waals surface area contributed by atoms with Gasteiger partial charge in [-0.2, -0.15) is 0 Å². The van der Waals surface area contributed by atoms with Crippen LogP contribution in [-0.2, 0) is 11.3 Å². The van der Waals surface area contributed by atoms with E-state index in [0.29, 0.717) is 13.1 Å². The van der Waals surface area contributed by atoms with Crippen molar-refractivity contribution < 1.29 is 9.53 Å². The molecule has 0 unspecified atom stereocenters. The molecule has 0 spiro atoms. The van der Waals surface area contributed by atoms with Gasteiger partial charge in [-0.1, -0.05) is 22.0 Å². The Bertz CT molecular complexity index is 614. The lowest BCUT2D eigenvalue weighted by atomic mass is 10.2. The highest BCUT2D eigenvalue weighted by Gasteiger charge is 2.15. The zero-order chi connectivity index (χ0) is 14.8. The predicted octanol–water partition coefficient (Wildman–Crippen LogP) is 3.93. The molecule has 0 saturated carbocycles. The van der Waals surface area contributed by atoms with Crippen molar-refractivity contribution in [2.45, 2.75) is 32.9 Å². The van der Waals surface area contributed by atoms with Gasteiger partial charge in [0.25, 0.3) is 0 Å². The summed E-state index contributed by atoms with van der Waals surface area (Å²) in [5, 5.41) is 3.95. The van der Waals surface area contributed by atoms with E-state index < -0.39 is 5.60 Å². The predicted molar refractivity (Wildman–Crippen MR) is 83.9 cm³/mol. The van der Waals surface area contributed by atoms with Gasteiger partial charge in [-0.15, -0.1) is 0 Å². The van der Waals surface area contributed by atoms with E-state index >= 15 is 0 Å². The molecular formula is C15H19BrN2O2. The molecule has 1 amide bonds. The first-order valence-electron chi connectivity index (χ1n) is 6.56. The van der Waals surface area contributed by atoms with Crippen molar-refractivity contribution >= 4 is 32.9 Å². The Morgan fingerprint density at radius 2 is 2.10 bits per heavy atom. The second-order valence-corrected chi connectivity index (χ2v) is 6.56. The van der Waals surface area contributed by atoms with E-state index in [1.54, 1.807) is 0 Å². The highest BCUT2D eigenvalue weighted by Crippen LogP contribution is 2.20. The number of halogens is 1. The van der Waals surface area contributed by atoms with Gasteiger partial charge in [0.1, 0.15) is 5.60 Å². The monoisotopic (exact) mass is 338 g/mol. The van der Waals surface area contributed by atoms with Crippen LogP contribution >= 0.6 is 15.9 Å². The molecule has 0 aliphatic carbocycles. The third-order valence-electron chi connectivity index (χ3n) is 2.76. The van der Waals surface area contributed by atoms with E-state index in [1.807, 2.05) is 33.0 Å². The molecule has 1 N–H and O–H groups in total. The van der Waals surface area contributed by atoms with Gasteiger partial charge in [-0.25, -0.2) is 4.79 Å². The summed E-state index contributed by atoms with van der Waals surface area (Å²) < 4.78 is 8.35. The number of nitrogens with zero attached hydrogens (tertiary/aromatic N) is 1. The highest BCUT2D eigenvalue weighted by atomic mass is 79.9. The zero-order valence-electron chi connectivity index (χ0n) is 11.9. The summed E-state index contributed by atoms with van der Waals surface area (Å²) in [7, 11) is 0. The lowest BCUT2D eigenvalue weighted by Gasteiger charge is -2.19. The summed E-state index contributed by atoms with van der Waals surface area (Å²) in [6.45, 7) is 6.79. The normalized spacial score (nSPS) is 11.6. The van der Waals surface area contributed by atoms with Crippen LogP contribution in [-0.4, -0.2) is 22.8 Å². The molecule has 1 aromatic heterocycles.